The molecular formula is C14H20N2O2. The molecule has 2 rings (SSSR count). The van der Waals surface area contributed by atoms with Crippen molar-refractivity contribution < 1.29 is 9.90 Å². The van der Waals surface area contributed by atoms with Crippen molar-refractivity contribution in [2.75, 3.05) is 13.2 Å². The first-order valence-electron chi connectivity index (χ1n) is 6.57. The summed E-state index contributed by atoms with van der Waals surface area (Å²) < 4.78 is 0. The number of carbonyl (C=O) groups excluding carboxylic acids is 1. The average Bonchev–Trinajstić information content (AvgIpc) is 2.84. The Bertz CT molecular complexity index is 420. The zero-order valence-corrected chi connectivity index (χ0v) is 10.8. The lowest BCUT2D eigenvalue weighted by Crippen LogP contribution is -2.36. The second-order valence-electron chi connectivity index (χ2n) is 4.83. The number of rotatable bonds is 4. The van der Waals surface area contributed by atoms with Crippen molar-refractivity contribution in [3.63, 3.8) is 0 Å². The molecule has 1 saturated heterocycles. The largest absolute Gasteiger partial charge is 0.396 e. The molecule has 4 heteroatoms. The minimum atomic E-state index is 0.0357. The molecular weight excluding hydrogens is 228 g/mol. The fourth-order valence-corrected chi connectivity index (χ4v) is 2.58. The lowest BCUT2D eigenvalue weighted by atomic mass is 10.1. The number of nitrogens with zero attached hydrogens (tertiary/aromatic N) is 2. The summed E-state index contributed by atoms with van der Waals surface area (Å²) in [6.07, 6.45) is 5.40. The minimum Gasteiger partial charge on any atom is -0.396 e. The number of aliphatic hydroxyl groups excluding tert-OH is 1. The summed E-state index contributed by atoms with van der Waals surface area (Å²) in [5.74, 6) is 0.0357. The van der Waals surface area contributed by atoms with E-state index in [1.165, 1.54) is 0 Å². The van der Waals surface area contributed by atoms with Crippen LogP contribution < -0.4 is 0 Å². The summed E-state index contributed by atoms with van der Waals surface area (Å²) >= 11 is 0. The molecule has 1 N–H and O–H groups in total. The number of aliphatic hydroxyl groups is 1. The maximum atomic E-state index is 12.4. The van der Waals surface area contributed by atoms with Crippen molar-refractivity contribution in [2.24, 2.45) is 0 Å². The molecule has 98 valence electrons. The van der Waals surface area contributed by atoms with Crippen LogP contribution in [0.5, 0.6) is 0 Å². The van der Waals surface area contributed by atoms with Gasteiger partial charge in [-0.2, -0.15) is 0 Å². The van der Waals surface area contributed by atoms with E-state index in [1.807, 2.05) is 24.0 Å². The van der Waals surface area contributed by atoms with Gasteiger partial charge in [-0.25, -0.2) is 0 Å². The van der Waals surface area contributed by atoms with E-state index >= 15 is 0 Å². The molecule has 0 spiro atoms. The van der Waals surface area contributed by atoms with Crippen LogP contribution in [0.4, 0.5) is 0 Å². The van der Waals surface area contributed by atoms with Crippen molar-refractivity contribution in [3.05, 3.63) is 29.6 Å². The maximum Gasteiger partial charge on any atom is 0.272 e. The van der Waals surface area contributed by atoms with Gasteiger partial charge in [0.05, 0.1) is 0 Å². The van der Waals surface area contributed by atoms with Crippen LogP contribution >= 0.6 is 0 Å². The zero-order chi connectivity index (χ0) is 13.0. The van der Waals surface area contributed by atoms with Crippen LogP contribution in [0.25, 0.3) is 0 Å². The van der Waals surface area contributed by atoms with Gasteiger partial charge in [0, 0.05) is 25.4 Å². The normalized spacial score (nSPS) is 19.2. The van der Waals surface area contributed by atoms with Crippen molar-refractivity contribution >= 4 is 5.91 Å². The topological polar surface area (TPSA) is 53.4 Å². The molecule has 4 nitrogen and oxygen atoms in total. The molecule has 0 saturated carbocycles. The highest BCUT2D eigenvalue weighted by atomic mass is 16.3. The summed E-state index contributed by atoms with van der Waals surface area (Å²) in [7, 11) is 0. The average molecular weight is 248 g/mol. The van der Waals surface area contributed by atoms with E-state index in [2.05, 4.69) is 4.98 Å². The Hall–Kier alpha value is -1.42. The van der Waals surface area contributed by atoms with Crippen LogP contribution in [0.15, 0.2) is 18.3 Å². The maximum absolute atomic E-state index is 12.4. The van der Waals surface area contributed by atoms with Gasteiger partial charge in [0.25, 0.3) is 5.91 Å². The lowest BCUT2D eigenvalue weighted by molar-refractivity contribution is 0.0717. The van der Waals surface area contributed by atoms with Gasteiger partial charge in [0.2, 0.25) is 0 Å². The highest BCUT2D eigenvalue weighted by Gasteiger charge is 2.30. The van der Waals surface area contributed by atoms with Crippen LogP contribution in [0.1, 0.15) is 41.7 Å². The summed E-state index contributed by atoms with van der Waals surface area (Å²) in [6, 6.07) is 4.03. The molecule has 1 atom stereocenters. The third kappa shape index (κ3) is 2.70. The Kier molecular flexibility index (Phi) is 4.31. The van der Waals surface area contributed by atoms with Gasteiger partial charge in [-0.05, 0) is 44.2 Å². The molecule has 2 heterocycles. The van der Waals surface area contributed by atoms with Gasteiger partial charge in [-0.15, -0.1) is 0 Å². The molecule has 1 amide bonds. The fourth-order valence-electron chi connectivity index (χ4n) is 2.58. The standard InChI is InChI=1S/C14H20N2O2/c1-11-5-2-8-15-13(11)14(18)16-9-3-6-12(16)7-4-10-17/h2,5,8,12,17H,3-4,6-7,9-10H2,1H3. The molecule has 1 aromatic rings. The van der Waals surface area contributed by atoms with Gasteiger partial charge in [-0.1, -0.05) is 6.07 Å². The molecule has 0 aromatic carbocycles. The van der Waals surface area contributed by atoms with Crippen molar-refractivity contribution in [2.45, 2.75) is 38.6 Å². The Balaban J connectivity index is 2.10. The highest BCUT2D eigenvalue weighted by molar-refractivity contribution is 5.94. The molecule has 1 fully saturated rings. The molecule has 0 bridgehead atoms. The van der Waals surface area contributed by atoms with Crippen molar-refractivity contribution in [1.29, 1.82) is 0 Å². The summed E-state index contributed by atoms with van der Waals surface area (Å²) in [4.78, 5) is 18.6. The Labute approximate surface area is 108 Å². The van der Waals surface area contributed by atoms with E-state index in [0.717, 1.165) is 37.8 Å². The number of pyridine rings is 1. The lowest BCUT2D eigenvalue weighted by Gasteiger charge is -2.24. The predicted molar refractivity (Wildman–Crippen MR) is 69.4 cm³/mol. The Morgan fingerprint density at radius 1 is 1.61 bits per heavy atom. The second kappa shape index (κ2) is 5.96. The first-order valence-corrected chi connectivity index (χ1v) is 6.57. The smallest absolute Gasteiger partial charge is 0.272 e. The zero-order valence-electron chi connectivity index (χ0n) is 10.8. The quantitative estimate of drug-likeness (QED) is 0.883. The summed E-state index contributed by atoms with van der Waals surface area (Å²) in [5.41, 5.74) is 1.49. The van der Waals surface area contributed by atoms with Crippen LogP contribution in [0.3, 0.4) is 0 Å². The molecule has 1 aromatic heterocycles. The van der Waals surface area contributed by atoms with Gasteiger partial charge < -0.3 is 10.0 Å². The number of hydrogen-bond acceptors (Lipinski definition) is 3. The number of carbonyl (C=O) groups is 1. The molecule has 1 aliphatic rings. The van der Waals surface area contributed by atoms with E-state index in [-0.39, 0.29) is 18.6 Å². The Morgan fingerprint density at radius 3 is 3.17 bits per heavy atom. The van der Waals surface area contributed by atoms with Crippen LogP contribution in [0.2, 0.25) is 0 Å². The molecule has 18 heavy (non-hydrogen) atoms. The molecule has 1 unspecified atom stereocenters. The number of likely N-dealkylation sites (tertiary alicyclic amines) is 1. The van der Waals surface area contributed by atoms with Gasteiger partial charge >= 0.3 is 0 Å². The van der Waals surface area contributed by atoms with Crippen molar-refractivity contribution in [3.8, 4) is 0 Å². The second-order valence-corrected chi connectivity index (χ2v) is 4.83. The molecule has 0 aliphatic carbocycles. The highest BCUT2D eigenvalue weighted by Crippen LogP contribution is 2.23. The number of hydrogen-bond donors (Lipinski definition) is 1. The van der Waals surface area contributed by atoms with Crippen LogP contribution in [-0.4, -0.2) is 40.1 Å². The van der Waals surface area contributed by atoms with E-state index in [4.69, 9.17) is 5.11 Å². The first-order chi connectivity index (χ1) is 8.74. The SMILES string of the molecule is Cc1cccnc1C(=O)N1CCCC1CCCO. The first kappa shape index (κ1) is 13.0. The van der Waals surface area contributed by atoms with E-state index in [0.29, 0.717) is 5.69 Å². The number of aryl methyl sites for hydroxylation is 1. The predicted octanol–water partition coefficient (Wildman–Crippen LogP) is 1.77. The fraction of sp³-hybridized carbons (Fsp3) is 0.571. The monoisotopic (exact) mass is 248 g/mol. The number of amides is 1. The number of aromatic nitrogens is 1. The minimum absolute atomic E-state index is 0.0357. The van der Waals surface area contributed by atoms with E-state index < -0.39 is 0 Å². The van der Waals surface area contributed by atoms with Crippen LogP contribution in [-0.2, 0) is 0 Å². The summed E-state index contributed by atoms with van der Waals surface area (Å²) in [6.45, 7) is 2.92. The molecule has 1 aliphatic heterocycles. The summed E-state index contributed by atoms with van der Waals surface area (Å²) in [5, 5.41) is 8.90. The third-order valence-electron chi connectivity index (χ3n) is 3.55. The Morgan fingerprint density at radius 2 is 2.44 bits per heavy atom. The third-order valence-corrected chi connectivity index (χ3v) is 3.55. The van der Waals surface area contributed by atoms with Crippen molar-refractivity contribution in [1.82, 2.24) is 9.88 Å². The van der Waals surface area contributed by atoms with E-state index in [1.54, 1.807) is 6.20 Å². The van der Waals surface area contributed by atoms with Gasteiger partial charge in [0.15, 0.2) is 0 Å². The van der Waals surface area contributed by atoms with Crippen LogP contribution in [0, 0.1) is 6.92 Å². The van der Waals surface area contributed by atoms with E-state index in [9.17, 15) is 4.79 Å². The van der Waals surface area contributed by atoms with Gasteiger partial charge in [-0.3, -0.25) is 9.78 Å². The van der Waals surface area contributed by atoms with Gasteiger partial charge in [0.1, 0.15) is 5.69 Å². The molecule has 0 radical (unpaired) electrons.